The van der Waals surface area contributed by atoms with E-state index in [0.29, 0.717) is 0 Å². The number of nitrogens with two attached hydrogens (primary N) is 1. The highest BCUT2D eigenvalue weighted by molar-refractivity contribution is 5.35. The maximum Gasteiger partial charge on any atom is -0.00461 e. The fourth-order valence-corrected chi connectivity index (χ4v) is 4.18. The molecular weight excluding hydrogens is 230 g/mol. The Hall–Kier alpha value is -0.820. The predicted octanol–water partition coefficient (Wildman–Crippen LogP) is 3.73. The van der Waals surface area contributed by atoms with Gasteiger partial charge < -0.3 is 5.73 Å². The van der Waals surface area contributed by atoms with Crippen molar-refractivity contribution in [2.75, 3.05) is 6.54 Å². The van der Waals surface area contributed by atoms with Crippen LogP contribution in [0.15, 0.2) is 18.2 Å². The van der Waals surface area contributed by atoms with E-state index in [9.17, 15) is 0 Å². The molecule has 0 amide bonds. The van der Waals surface area contributed by atoms with Crippen molar-refractivity contribution in [2.24, 2.45) is 23.5 Å². The Balaban J connectivity index is 1.72. The lowest BCUT2D eigenvalue weighted by molar-refractivity contribution is 0.193. The van der Waals surface area contributed by atoms with Gasteiger partial charge in [-0.05, 0) is 79.5 Å². The van der Waals surface area contributed by atoms with E-state index in [1.165, 1.54) is 44.9 Å². The van der Waals surface area contributed by atoms with Gasteiger partial charge in [-0.3, -0.25) is 0 Å². The molecule has 19 heavy (non-hydrogen) atoms. The Labute approximate surface area is 117 Å². The van der Waals surface area contributed by atoms with Crippen LogP contribution in [0.1, 0.15) is 49.3 Å². The number of benzene rings is 1. The fraction of sp³-hybridized carbons (Fsp3) is 0.667. The first-order valence-electron chi connectivity index (χ1n) is 8.07. The van der Waals surface area contributed by atoms with Crippen molar-refractivity contribution in [2.45, 2.75) is 51.9 Å². The summed E-state index contributed by atoms with van der Waals surface area (Å²) in [4.78, 5) is 0. The standard InChI is InChI=1S/C18H27N/c1-13-5-7-17(12-19)18(9-13)11-14-6-8-15-3-2-4-16(15)10-14/h6,8,10,13,17-18H,2-5,7,9,11-12,19H2,1H3. The summed E-state index contributed by atoms with van der Waals surface area (Å²) in [5, 5.41) is 0. The molecule has 0 aromatic heterocycles. The molecule has 3 rings (SSSR count). The monoisotopic (exact) mass is 257 g/mol. The van der Waals surface area contributed by atoms with Crippen LogP contribution in [0.5, 0.6) is 0 Å². The Kier molecular flexibility index (Phi) is 3.93. The highest BCUT2D eigenvalue weighted by Gasteiger charge is 2.27. The molecule has 0 spiro atoms. The van der Waals surface area contributed by atoms with Crippen LogP contribution in [-0.4, -0.2) is 6.54 Å². The zero-order valence-corrected chi connectivity index (χ0v) is 12.2. The average Bonchev–Trinajstić information content (AvgIpc) is 2.86. The number of hydrogen-bond acceptors (Lipinski definition) is 1. The van der Waals surface area contributed by atoms with E-state index in [0.717, 1.165) is 24.3 Å². The minimum atomic E-state index is 0.754. The molecule has 0 aliphatic heterocycles. The van der Waals surface area contributed by atoms with Gasteiger partial charge in [0.1, 0.15) is 0 Å². The Morgan fingerprint density at radius 3 is 2.79 bits per heavy atom. The molecule has 104 valence electrons. The van der Waals surface area contributed by atoms with Crippen LogP contribution in [0, 0.1) is 17.8 Å². The van der Waals surface area contributed by atoms with Crippen molar-refractivity contribution in [1.82, 2.24) is 0 Å². The largest absolute Gasteiger partial charge is 0.330 e. The van der Waals surface area contributed by atoms with Crippen LogP contribution in [0.3, 0.4) is 0 Å². The van der Waals surface area contributed by atoms with Crippen LogP contribution in [-0.2, 0) is 19.3 Å². The van der Waals surface area contributed by atoms with Crippen LogP contribution < -0.4 is 5.73 Å². The van der Waals surface area contributed by atoms with Gasteiger partial charge in [-0.1, -0.05) is 31.5 Å². The second-order valence-electron chi connectivity index (χ2n) is 6.83. The van der Waals surface area contributed by atoms with E-state index in [1.54, 1.807) is 16.7 Å². The van der Waals surface area contributed by atoms with Gasteiger partial charge in [0.05, 0.1) is 0 Å². The highest BCUT2D eigenvalue weighted by atomic mass is 14.6. The maximum absolute atomic E-state index is 5.98. The molecule has 2 aliphatic rings. The third-order valence-electron chi connectivity index (χ3n) is 5.37. The van der Waals surface area contributed by atoms with E-state index in [2.05, 4.69) is 25.1 Å². The molecule has 1 aromatic rings. The van der Waals surface area contributed by atoms with Crippen molar-refractivity contribution in [3.8, 4) is 0 Å². The molecule has 0 saturated heterocycles. The van der Waals surface area contributed by atoms with E-state index < -0.39 is 0 Å². The summed E-state index contributed by atoms with van der Waals surface area (Å²) in [6, 6.07) is 7.23. The predicted molar refractivity (Wildman–Crippen MR) is 81.2 cm³/mol. The summed E-state index contributed by atoms with van der Waals surface area (Å²) in [7, 11) is 0. The second kappa shape index (κ2) is 5.66. The van der Waals surface area contributed by atoms with E-state index in [4.69, 9.17) is 5.73 Å². The van der Waals surface area contributed by atoms with Crippen molar-refractivity contribution in [3.63, 3.8) is 0 Å². The zero-order chi connectivity index (χ0) is 13.2. The first kappa shape index (κ1) is 13.2. The molecule has 1 fully saturated rings. The molecule has 3 atom stereocenters. The molecule has 1 nitrogen and oxygen atoms in total. The fourth-order valence-electron chi connectivity index (χ4n) is 4.18. The summed E-state index contributed by atoms with van der Waals surface area (Å²) in [5.74, 6) is 2.46. The van der Waals surface area contributed by atoms with Gasteiger partial charge in [-0.15, -0.1) is 0 Å². The molecule has 0 heterocycles. The average molecular weight is 257 g/mol. The lowest BCUT2D eigenvalue weighted by Crippen LogP contribution is -2.31. The molecule has 2 N–H and O–H groups in total. The normalized spacial score (nSPS) is 30.3. The Morgan fingerprint density at radius 2 is 1.95 bits per heavy atom. The molecule has 1 aromatic carbocycles. The smallest absolute Gasteiger partial charge is 0.00461 e. The molecule has 0 radical (unpaired) electrons. The lowest BCUT2D eigenvalue weighted by atomic mass is 9.72. The van der Waals surface area contributed by atoms with Gasteiger partial charge in [0.2, 0.25) is 0 Å². The van der Waals surface area contributed by atoms with Crippen molar-refractivity contribution in [1.29, 1.82) is 0 Å². The summed E-state index contributed by atoms with van der Waals surface area (Å²) in [5.41, 5.74) is 10.7. The molecule has 2 aliphatic carbocycles. The molecule has 0 bridgehead atoms. The van der Waals surface area contributed by atoms with Crippen molar-refractivity contribution in [3.05, 3.63) is 34.9 Å². The summed E-state index contributed by atoms with van der Waals surface area (Å²) >= 11 is 0. The maximum atomic E-state index is 5.98. The first-order chi connectivity index (χ1) is 9.26. The minimum absolute atomic E-state index is 0.754. The van der Waals surface area contributed by atoms with Gasteiger partial charge in [-0.2, -0.15) is 0 Å². The van der Waals surface area contributed by atoms with E-state index >= 15 is 0 Å². The number of rotatable bonds is 3. The molecule has 1 saturated carbocycles. The number of hydrogen-bond donors (Lipinski definition) is 1. The first-order valence-corrected chi connectivity index (χ1v) is 8.07. The van der Waals surface area contributed by atoms with E-state index in [-0.39, 0.29) is 0 Å². The quantitative estimate of drug-likeness (QED) is 0.877. The van der Waals surface area contributed by atoms with Gasteiger partial charge >= 0.3 is 0 Å². The highest BCUT2D eigenvalue weighted by Crippen LogP contribution is 2.36. The number of aryl methyl sites for hydroxylation is 2. The number of fused-ring (bicyclic) bond motifs is 1. The van der Waals surface area contributed by atoms with E-state index in [1.807, 2.05) is 0 Å². The van der Waals surface area contributed by atoms with Crippen LogP contribution in [0.2, 0.25) is 0 Å². The molecular formula is C18H27N. The minimum Gasteiger partial charge on any atom is -0.330 e. The van der Waals surface area contributed by atoms with Gasteiger partial charge in [0, 0.05) is 0 Å². The van der Waals surface area contributed by atoms with Crippen LogP contribution in [0.4, 0.5) is 0 Å². The molecule has 3 unspecified atom stereocenters. The zero-order valence-electron chi connectivity index (χ0n) is 12.2. The van der Waals surface area contributed by atoms with Gasteiger partial charge in [0.25, 0.3) is 0 Å². The third kappa shape index (κ3) is 2.86. The third-order valence-corrected chi connectivity index (χ3v) is 5.37. The summed E-state index contributed by atoms with van der Waals surface area (Å²) in [6.07, 6.45) is 9.28. The van der Waals surface area contributed by atoms with Gasteiger partial charge in [0.15, 0.2) is 0 Å². The topological polar surface area (TPSA) is 26.0 Å². The second-order valence-corrected chi connectivity index (χ2v) is 6.83. The Bertz CT molecular complexity index is 437. The lowest BCUT2D eigenvalue weighted by Gasteiger charge is -2.34. The van der Waals surface area contributed by atoms with Crippen LogP contribution in [0.25, 0.3) is 0 Å². The summed E-state index contributed by atoms with van der Waals surface area (Å²) in [6.45, 7) is 3.28. The summed E-state index contributed by atoms with van der Waals surface area (Å²) < 4.78 is 0. The van der Waals surface area contributed by atoms with Gasteiger partial charge in [-0.25, -0.2) is 0 Å². The SMILES string of the molecule is CC1CCC(CN)C(Cc2ccc3c(c2)CCC3)C1. The van der Waals surface area contributed by atoms with Crippen molar-refractivity contribution < 1.29 is 0 Å². The molecule has 1 heteroatoms. The van der Waals surface area contributed by atoms with Crippen molar-refractivity contribution >= 4 is 0 Å². The Morgan fingerprint density at radius 1 is 1.11 bits per heavy atom. The van der Waals surface area contributed by atoms with Crippen LogP contribution >= 0.6 is 0 Å².